The van der Waals surface area contributed by atoms with Gasteiger partial charge in [-0.05, 0) is 37.1 Å². The molecule has 0 aliphatic carbocycles. The number of morpholine rings is 1. The maximum atomic E-state index is 12.3. The molecule has 3 rings (SSSR count). The van der Waals surface area contributed by atoms with E-state index in [-0.39, 0.29) is 12.0 Å². The SMILES string of the molecule is COc1ccccc1C(=O)NCCCCN1CCOC(c2ccccc2)C1. The molecule has 1 amide bonds. The van der Waals surface area contributed by atoms with Gasteiger partial charge < -0.3 is 14.8 Å². The first-order valence-electron chi connectivity index (χ1n) is 9.58. The lowest BCUT2D eigenvalue weighted by Gasteiger charge is -2.33. The Bertz CT molecular complexity index is 721. The molecule has 1 N–H and O–H groups in total. The Morgan fingerprint density at radius 1 is 1.15 bits per heavy atom. The monoisotopic (exact) mass is 368 g/mol. The number of hydrogen-bond acceptors (Lipinski definition) is 4. The minimum Gasteiger partial charge on any atom is -0.496 e. The van der Waals surface area contributed by atoms with E-state index in [0.717, 1.165) is 39.1 Å². The number of carbonyl (C=O) groups excluding carboxylic acids is 1. The molecule has 0 bridgehead atoms. The van der Waals surface area contributed by atoms with E-state index in [0.29, 0.717) is 17.9 Å². The van der Waals surface area contributed by atoms with Crippen LogP contribution in [0.3, 0.4) is 0 Å². The molecule has 144 valence electrons. The number of hydrogen-bond donors (Lipinski definition) is 1. The third-order valence-corrected chi connectivity index (χ3v) is 4.86. The number of rotatable bonds is 8. The summed E-state index contributed by atoms with van der Waals surface area (Å²) in [7, 11) is 1.58. The third-order valence-electron chi connectivity index (χ3n) is 4.86. The average molecular weight is 368 g/mol. The molecular formula is C22H28N2O3. The van der Waals surface area contributed by atoms with Gasteiger partial charge in [0.25, 0.3) is 5.91 Å². The molecule has 0 radical (unpaired) electrons. The lowest BCUT2D eigenvalue weighted by Crippen LogP contribution is -2.39. The third kappa shape index (κ3) is 5.55. The van der Waals surface area contributed by atoms with Crippen LogP contribution in [-0.4, -0.2) is 50.7 Å². The fourth-order valence-corrected chi connectivity index (χ4v) is 3.36. The number of amides is 1. The van der Waals surface area contributed by atoms with Gasteiger partial charge in [0.2, 0.25) is 0 Å². The molecule has 2 aromatic rings. The number of benzene rings is 2. The molecular weight excluding hydrogens is 340 g/mol. The standard InChI is InChI=1S/C22H28N2O3/c1-26-20-12-6-5-11-19(20)22(25)23-13-7-8-14-24-15-16-27-21(17-24)18-9-3-2-4-10-18/h2-6,9-12,21H,7-8,13-17H2,1H3,(H,23,25). The highest BCUT2D eigenvalue weighted by atomic mass is 16.5. The molecule has 1 atom stereocenters. The lowest BCUT2D eigenvalue weighted by atomic mass is 10.1. The van der Waals surface area contributed by atoms with E-state index < -0.39 is 0 Å². The molecule has 0 aromatic heterocycles. The summed E-state index contributed by atoms with van der Waals surface area (Å²) in [4.78, 5) is 14.7. The Morgan fingerprint density at radius 3 is 2.74 bits per heavy atom. The van der Waals surface area contributed by atoms with E-state index in [2.05, 4.69) is 34.5 Å². The summed E-state index contributed by atoms with van der Waals surface area (Å²) in [6.45, 7) is 4.36. The molecule has 1 heterocycles. The molecule has 2 aromatic carbocycles. The van der Waals surface area contributed by atoms with Crippen molar-refractivity contribution in [3.8, 4) is 5.75 Å². The first-order valence-corrected chi connectivity index (χ1v) is 9.58. The van der Waals surface area contributed by atoms with Crippen LogP contribution in [0, 0.1) is 0 Å². The van der Waals surface area contributed by atoms with Crippen LogP contribution in [0.25, 0.3) is 0 Å². The molecule has 1 saturated heterocycles. The predicted molar refractivity (Wildman–Crippen MR) is 106 cm³/mol. The molecule has 1 aliphatic rings. The molecule has 1 aliphatic heterocycles. The van der Waals surface area contributed by atoms with E-state index in [1.54, 1.807) is 19.2 Å². The first-order chi connectivity index (χ1) is 13.3. The van der Waals surface area contributed by atoms with Crippen molar-refractivity contribution in [1.82, 2.24) is 10.2 Å². The van der Waals surface area contributed by atoms with E-state index in [4.69, 9.17) is 9.47 Å². The number of nitrogens with one attached hydrogen (secondary N) is 1. The molecule has 0 saturated carbocycles. The van der Waals surface area contributed by atoms with Crippen molar-refractivity contribution in [2.75, 3.05) is 39.9 Å². The van der Waals surface area contributed by atoms with E-state index in [1.807, 2.05) is 18.2 Å². The number of nitrogens with zero attached hydrogens (tertiary/aromatic N) is 1. The van der Waals surface area contributed by atoms with Crippen molar-refractivity contribution in [3.05, 3.63) is 65.7 Å². The van der Waals surface area contributed by atoms with Crippen molar-refractivity contribution >= 4 is 5.91 Å². The van der Waals surface area contributed by atoms with Gasteiger partial charge in [0.15, 0.2) is 0 Å². The van der Waals surface area contributed by atoms with E-state index in [9.17, 15) is 4.79 Å². The van der Waals surface area contributed by atoms with Gasteiger partial charge in [0.05, 0.1) is 25.4 Å². The van der Waals surface area contributed by atoms with Crippen LogP contribution in [0.1, 0.15) is 34.9 Å². The zero-order valence-corrected chi connectivity index (χ0v) is 15.9. The highest BCUT2D eigenvalue weighted by Gasteiger charge is 2.21. The molecule has 27 heavy (non-hydrogen) atoms. The summed E-state index contributed by atoms with van der Waals surface area (Å²) in [5.41, 5.74) is 1.82. The maximum Gasteiger partial charge on any atom is 0.255 e. The average Bonchev–Trinajstić information content (AvgIpc) is 2.74. The summed E-state index contributed by atoms with van der Waals surface area (Å²) in [6.07, 6.45) is 2.16. The highest BCUT2D eigenvalue weighted by Crippen LogP contribution is 2.22. The van der Waals surface area contributed by atoms with Gasteiger partial charge in [-0.15, -0.1) is 0 Å². The van der Waals surface area contributed by atoms with Crippen molar-refractivity contribution in [1.29, 1.82) is 0 Å². The molecule has 5 nitrogen and oxygen atoms in total. The number of unbranched alkanes of at least 4 members (excludes halogenated alkanes) is 1. The number of carbonyl (C=O) groups is 1. The van der Waals surface area contributed by atoms with E-state index in [1.165, 1.54) is 5.56 Å². The van der Waals surface area contributed by atoms with Crippen molar-refractivity contribution in [2.24, 2.45) is 0 Å². The summed E-state index contributed by atoms with van der Waals surface area (Å²) < 4.78 is 11.2. The molecule has 0 spiro atoms. The minimum absolute atomic E-state index is 0.0806. The quantitative estimate of drug-likeness (QED) is 0.727. The van der Waals surface area contributed by atoms with Crippen LogP contribution in [-0.2, 0) is 4.74 Å². The Kier molecular flexibility index (Phi) is 7.25. The molecule has 5 heteroatoms. The van der Waals surface area contributed by atoms with Gasteiger partial charge in [-0.1, -0.05) is 42.5 Å². The molecule has 1 unspecified atom stereocenters. The zero-order chi connectivity index (χ0) is 18.9. The lowest BCUT2D eigenvalue weighted by molar-refractivity contribution is -0.0303. The largest absolute Gasteiger partial charge is 0.496 e. The van der Waals surface area contributed by atoms with Crippen molar-refractivity contribution < 1.29 is 14.3 Å². The van der Waals surface area contributed by atoms with Gasteiger partial charge in [-0.2, -0.15) is 0 Å². The summed E-state index contributed by atoms with van der Waals surface area (Å²) in [6, 6.07) is 17.7. The maximum absolute atomic E-state index is 12.3. The first kappa shape index (κ1) is 19.4. The summed E-state index contributed by atoms with van der Waals surface area (Å²) in [5, 5.41) is 2.98. The summed E-state index contributed by atoms with van der Waals surface area (Å²) in [5.74, 6) is 0.526. The van der Waals surface area contributed by atoms with Crippen LogP contribution in [0.5, 0.6) is 5.75 Å². The van der Waals surface area contributed by atoms with Gasteiger partial charge in [0, 0.05) is 19.6 Å². The van der Waals surface area contributed by atoms with Crippen LogP contribution >= 0.6 is 0 Å². The number of para-hydroxylation sites is 1. The Balaban J connectivity index is 1.37. The second-order valence-corrected chi connectivity index (χ2v) is 6.73. The normalized spacial score (nSPS) is 17.4. The smallest absolute Gasteiger partial charge is 0.255 e. The van der Waals surface area contributed by atoms with Gasteiger partial charge >= 0.3 is 0 Å². The fraction of sp³-hybridized carbons (Fsp3) is 0.409. The second-order valence-electron chi connectivity index (χ2n) is 6.73. The zero-order valence-electron chi connectivity index (χ0n) is 15.9. The van der Waals surface area contributed by atoms with Crippen molar-refractivity contribution in [3.63, 3.8) is 0 Å². The number of ether oxygens (including phenoxy) is 2. The Labute approximate surface area is 161 Å². The van der Waals surface area contributed by atoms with Gasteiger partial charge in [0.1, 0.15) is 5.75 Å². The van der Waals surface area contributed by atoms with Crippen LogP contribution in [0.2, 0.25) is 0 Å². The second kappa shape index (κ2) is 10.1. The Morgan fingerprint density at radius 2 is 1.93 bits per heavy atom. The fourth-order valence-electron chi connectivity index (χ4n) is 3.36. The van der Waals surface area contributed by atoms with Crippen molar-refractivity contribution in [2.45, 2.75) is 18.9 Å². The highest BCUT2D eigenvalue weighted by molar-refractivity contribution is 5.96. The summed E-state index contributed by atoms with van der Waals surface area (Å²) >= 11 is 0. The Hall–Kier alpha value is -2.37. The van der Waals surface area contributed by atoms with Gasteiger partial charge in [-0.3, -0.25) is 9.69 Å². The number of methoxy groups -OCH3 is 1. The molecule has 1 fully saturated rings. The van der Waals surface area contributed by atoms with Gasteiger partial charge in [-0.25, -0.2) is 0 Å². The van der Waals surface area contributed by atoms with E-state index >= 15 is 0 Å². The van der Waals surface area contributed by atoms with Crippen LogP contribution < -0.4 is 10.1 Å². The van der Waals surface area contributed by atoms with Crippen LogP contribution in [0.15, 0.2) is 54.6 Å². The predicted octanol–water partition coefficient (Wildman–Crippen LogP) is 3.28. The topological polar surface area (TPSA) is 50.8 Å². The minimum atomic E-state index is -0.0806. The van der Waals surface area contributed by atoms with Crippen LogP contribution in [0.4, 0.5) is 0 Å².